The lowest BCUT2D eigenvalue weighted by atomic mass is 10.1. The lowest BCUT2D eigenvalue weighted by Crippen LogP contribution is -2.31. The van der Waals surface area contributed by atoms with Crippen LogP contribution < -0.4 is 5.32 Å². The summed E-state index contributed by atoms with van der Waals surface area (Å²) in [4.78, 5) is 25.8. The number of benzene rings is 1. The van der Waals surface area contributed by atoms with E-state index in [9.17, 15) is 14.0 Å². The van der Waals surface area contributed by atoms with Crippen LogP contribution in [0.4, 0.5) is 4.39 Å². The Morgan fingerprint density at radius 3 is 2.67 bits per heavy atom. The number of carbonyl (C=O) groups is 2. The van der Waals surface area contributed by atoms with Gasteiger partial charge in [-0.15, -0.1) is 0 Å². The van der Waals surface area contributed by atoms with Gasteiger partial charge in [-0.25, -0.2) is 4.39 Å². The number of hydrogen-bond acceptors (Lipinski definition) is 3. The van der Waals surface area contributed by atoms with Gasteiger partial charge in [-0.1, -0.05) is 0 Å². The molecule has 2 rings (SSSR count). The monoisotopic (exact) mass is 291 g/mol. The van der Waals surface area contributed by atoms with Crippen LogP contribution in [0.25, 0.3) is 10.9 Å². The van der Waals surface area contributed by atoms with Crippen molar-refractivity contribution in [2.24, 2.45) is 0 Å². The summed E-state index contributed by atoms with van der Waals surface area (Å²) in [6, 6.07) is 4.06. The standard InChI is InChI=1S/C15H18FN3O2/c1-10(20)19-9-13(15(21)17-6-7-18(2)3)12-5-4-11(16)8-14(12)19/h4-5,8-9H,6-7H2,1-3H3,(H,17,21). The molecule has 0 saturated heterocycles. The molecule has 0 fully saturated rings. The molecule has 0 unspecified atom stereocenters. The molecule has 1 heterocycles. The second-order valence-electron chi connectivity index (χ2n) is 5.15. The number of fused-ring (bicyclic) bond motifs is 1. The Morgan fingerprint density at radius 2 is 2.05 bits per heavy atom. The largest absolute Gasteiger partial charge is 0.351 e. The number of hydrogen-bond donors (Lipinski definition) is 1. The molecule has 0 aliphatic rings. The van der Waals surface area contributed by atoms with Crippen LogP contribution in [0, 0.1) is 5.82 Å². The minimum Gasteiger partial charge on any atom is -0.351 e. The summed E-state index contributed by atoms with van der Waals surface area (Å²) < 4.78 is 14.6. The lowest BCUT2D eigenvalue weighted by molar-refractivity contribution is 0.0941. The number of rotatable bonds is 4. The molecule has 0 bridgehead atoms. The summed E-state index contributed by atoms with van der Waals surface area (Å²) in [6.45, 7) is 2.59. The molecule has 112 valence electrons. The molecule has 0 aliphatic heterocycles. The van der Waals surface area contributed by atoms with Gasteiger partial charge in [0.05, 0.1) is 11.1 Å². The summed E-state index contributed by atoms with van der Waals surface area (Å²) in [5.41, 5.74) is 0.777. The Kier molecular flexibility index (Phi) is 4.37. The van der Waals surface area contributed by atoms with Crippen LogP contribution in [0.5, 0.6) is 0 Å². The van der Waals surface area contributed by atoms with Crippen molar-refractivity contribution in [2.45, 2.75) is 6.92 Å². The fraction of sp³-hybridized carbons (Fsp3) is 0.333. The third-order valence-corrected chi connectivity index (χ3v) is 3.20. The van der Waals surface area contributed by atoms with Crippen LogP contribution in [0.3, 0.4) is 0 Å². The van der Waals surface area contributed by atoms with Crippen molar-refractivity contribution in [1.29, 1.82) is 0 Å². The Hall–Kier alpha value is -2.21. The van der Waals surface area contributed by atoms with Crippen LogP contribution >= 0.6 is 0 Å². The number of nitrogens with one attached hydrogen (secondary N) is 1. The molecule has 21 heavy (non-hydrogen) atoms. The summed E-state index contributed by atoms with van der Waals surface area (Å²) in [7, 11) is 3.83. The summed E-state index contributed by atoms with van der Waals surface area (Å²) in [6.07, 6.45) is 1.46. The first-order valence-electron chi connectivity index (χ1n) is 6.64. The van der Waals surface area contributed by atoms with E-state index in [1.165, 1.54) is 35.9 Å². The smallest absolute Gasteiger partial charge is 0.253 e. The van der Waals surface area contributed by atoms with E-state index in [0.29, 0.717) is 29.6 Å². The van der Waals surface area contributed by atoms with Crippen molar-refractivity contribution < 1.29 is 14.0 Å². The quantitative estimate of drug-likeness (QED) is 0.933. The molecule has 5 nitrogen and oxygen atoms in total. The molecule has 0 spiro atoms. The van der Waals surface area contributed by atoms with Crippen molar-refractivity contribution in [2.75, 3.05) is 27.2 Å². The zero-order chi connectivity index (χ0) is 15.6. The molecule has 1 amide bonds. The highest BCUT2D eigenvalue weighted by Gasteiger charge is 2.17. The Labute approximate surface area is 122 Å². The first-order valence-corrected chi connectivity index (χ1v) is 6.64. The van der Waals surface area contributed by atoms with Gasteiger partial charge in [0.2, 0.25) is 5.91 Å². The minimum absolute atomic E-state index is 0.266. The number of carbonyl (C=O) groups excluding carboxylic acids is 2. The molecule has 0 atom stereocenters. The molecule has 1 aromatic carbocycles. The molecule has 0 radical (unpaired) electrons. The number of nitrogens with zero attached hydrogens (tertiary/aromatic N) is 2. The van der Waals surface area contributed by atoms with Crippen molar-refractivity contribution in [3.63, 3.8) is 0 Å². The minimum atomic E-state index is -0.442. The van der Waals surface area contributed by atoms with Gasteiger partial charge in [0.1, 0.15) is 5.82 Å². The van der Waals surface area contributed by atoms with Crippen molar-refractivity contribution in [3.05, 3.63) is 35.8 Å². The summed E-state index contributed by atoms with van der Waals surface area (Å²) in [5, 5.41) is 3.35. The van der Waals surface area contributed by atoms with E-state index in [0.717, 1.165) is 0 Å². The van der Waals surface area contributed by atoms with Crippen molar-refractivity contribution in [1.82, 2.24) is 14.8 Å². The predicted molar refractivity (Wildman–Crippen MR) is 79.1 cm³/mol. The SMILES string of the molecule is CC(=O)n1cc(C(=O)NCCN(C)C)c2ccc(F)cc21. The van der Waals surface area contributed by atoms with E-state index in [4.69, 9.17) is 0 Å². The van der Waals surface area contributed by atoms with E-state index < -0.39 is 5.82 Å². The second-order valence-corrected chi connectivity index (χ2v) is 5.15. The number of likely N-dealkylation sites (N-methyl/N-ethyl adjacent to an activating group) is 1. The highest BCUT2D eigenvalue weighted by molar-refractivity contribution is 6.09. The average Bonchev–Trinajstić information content (AvgIpc) is 2.76. The highest BCUT2D eigenvalue weighted by Crippen LogP contribution is 2.22. The van der Waals surface area contributed by atoms with Gasteiger partial charge in [-0.2, -0.15) is 0 Å². The Bertz CT molecular complexity index is 692. The predicted octanol–water partition coefficient (Wildman–Crippen LogP) is 1.73. The van der Waals surface area contributed by atoms with Crippen LogP contribution in [-0.2, 0) is 0 Å². The first kappa shape index (κ1) is 15.2. The first-order chi connectivity index (χ1) is 9.90. The van der Waals surface area contributed by atoms with Gasteiger partial charge in [-0.3, -0.25) is 14.2 Å². The van der Waals surface area contributed by atoms with E-state index in [2.05, 4.69) is 5.32 Å². The van der Waals surface area contributed by atoms with Gasteiger partial charge in [0.25, 0.3) is 5.91 Å². The third kappa shape index (κ3) is 3.28. The number of aromatic nitrogens is 1. The lowest BCUT2D eigenvalue weighted by Gasteiger charge is -2.09. The summed E-state index contributed by atoms with van der Waals surface area (Å²) in [5.74, 6) is -0.978. The molecule has 2 aromatic rings. The van der Waals surface area contributed by atoms with Crippen molar-refractivity contribution in [3.8, 4) is 0 Å². The van der Waals surface area contributed by atoms with Crippen LogP contribution in [0.15, 0.2) is 24.4 Å². The molecule has 1 N–H and O–H groups in total. The number of halogens is 1. The second kappa shape index (κ2) is 6.05. The zero-order valence-corrected chi connectivity index (χ0v) is 12.3. The van der Waals surface area contributed by atoms with E-state index >= 15 is 0 Å². The molecule has 6 heteroatoms. The maximum atomic E-state index is 13.4. The maximum absolute atomic E-state index is 13.4. The number of amides is 1. The summed E-state index contributed by atoms with van der Waals surface area (Å²) >= 11 is 0. The van der Waals surface area contributed by atoms with Crippen LogP contribution in [-0.4, -0.2) is 48.5 Å². The molecular weight excluding hydrogens is 273 g/mol. The van der Waals surface area contributed by atoms with Gasteiger partial charge in [0.15, 0.2) is 0 Å². The van der Waals surface area contributed by atoms with E-state index in [-0.39, 0.29) is 11.8 Å². The molecular formula is C15H18FN3O2. The van der Waals surface area contributed by atoms with Gasteiger partial charge in [-0.05, 0) is 32.3 Å². The fourth-order valence-corrected chi connectivity index (χ4v) is 2.13. The highest BCUT2D eigenvalue weighted by atomic mass is 19.1. The van der Waals surface area contributed by atoms with Crippen LogP contribution in [0.1, 0.15) is 22.1 Å². The fourth-order valence-electron chi connectivity index (χ4n) is 2.13. The van der Waals surface area contributed by atoms with Gasteiger partial charge in [0, 0.05) is 31.6 Å². The maximum Gasteiger partial charge on any atom is 0.253 e. The van der Waals surface area contributed by atoms with E-state index in [1.54, 1.807) is 0 Å². The van der Waals surface area contributed by atoms with Gasteiger partial charge < -0.3 is 10.2 Å². The average molecular weight is 291 g/mol. The molecule has 0 saturated carbocycles. The Morgan fingerprint density at radius 1 is 1.33 bits per heavy atom. The topological polar surface area (TPSA) is 54.3 Å². The normalized spacial score (nSPS) is 11.1. The zero-order valence-electron chi connectivity index (χ0n) is 12.3. The van der Waals surface area contributed by atoms with Crippen molar-refractivity contribution >= 4 is 22.7 Å². The van der Waals surface area contributed by atoms with Gasteiger partial charge >= 0.3 is 0 Å². The molecule has 1 aromatic heterocycles. The Balaban J connectivity index is 2.35. The van der Waals surface area contributed by atoms with E-state index in [1.807, 2.05) is 19.0 Å². The molecule has 0 aliphatic carbocycles. The third-order valence-electron chi connectivity index (χ3n) is 3.20. The van der Waals surface area contributed by atoms with Crippen LogP contribution in [0.2, 0.25) is 0 Å².